The van der Waals surface area contributed by atoms with Crippen LogP contribution in [0.1, 0.15) is 32.6 Å². The molecule has 0 amide bonds. The number of nitrogens with two attached hydrogens (primary N) is 1. The molecule has 16 heavy (non-hydrogen) atoms. The first-order valence-corrected chi connectivity index (χ1v) is 6.85. The van der Waals surface area contributed by atoms with Crippen molar-refractivity contribution in [3.63, 3.8) is 0 Å². The molecule has 0 radical (unpaired) electrons. The van der Waals surface area contributed by atoms with Crippen molar-refractivity contribution < 1.29 is 0 Å². The van der Waals surface area contributed by atoms with Crippen molar-refractivity contribution in [2.75, 3.05) is 33.2 Å². The zero-order chi connectivity index (χ0) is 11.5. The van der Waals surface area contributed by atoms with E-state index in [1.807, 2.05) is 0 Å². The first kappa shape index (κ1) is 12.3. The summed E-state index contributed by atoms with van der Waals surface area (Å²) < 4.78 is 0. The Kier molecular flexibility index (Phi) is 4.22. The van der Waals surface area contributed by atoms with Crippen molar-refractivity contribution >= 4 is 0 Å². The highest BCUT2D eigenvalue weighted by atomic mass is 15.3. The summed E-state index contributed by atoms with van der Waals surface area (Å²) in [5.74, 6) is 0.780. The summed E-state index contributed by atoms with van der Waals surface area (Å²) in [6, 6.07) is 1.40. The van der Waals surface area contributed by atoms with Crippen LogP contribution in [-0.4, -0.2) is 55.1 Å². The average Bonchev–Trinajstić information content (AvgIpc) is 2.71. The molecule has 0 aromatic carbocycles. The molecule has 94 valence electrons. The fourth-order valence-electron chi connectivity index (χ4n) is 3.53. The topological polar surface area (TPSA) is 32.5 Å². The van der Waals surface area contributed by atoms with Gasteiger partial charge in [0.15, 0.2) is 0 Å². The Labute approximate surface area is 100.0 Å². The number of likely N-dealkylation sites (N-methyl/N-ethyl adjacent to an activating group) is 1. The number of hydrogen-bond donors (Lipinski definition) is 1. The van der Waals surface area contributed by atoms with Crippen molar-refractivity contribution in [1.82, 2.24) is 9.80 Å². The van der Waals surface area contributed by atoms with Crippen LogP contribution in [0.4, 0.5) is 0 Å². The first-order chi connectivity index (χ1) is 7.70. The maximum Gasteiger partial charge on any atom is 0.0348 e. The second-order valence-electron chi connectivity index (χ2n) is 5.85. The molecule has 1 aliphatic carbocycles. The van der Waals surface area contributed by atoms with E-state index in [0.29, 0.717) is 6.04 Å². The first-order valence-electron chi connectivity index (χ1n) is 6.85. The van der Waals surface area contributed by atoms with Crippen LogP contribution in [0, 0.1) is 5.92 Å². The van der Waals surface area contributed by atoms with Crippen molar-refractivity contribution in [3.05, 3.63) is 0 Å². The second kappa shape index (κ2) is 5.48. The molecule has 1 saturated carbocycles. The summed E-state index contributed by atoms with van der Waals surface area (Å²) in [5, 5.41) is 0. The Bertz CT molecular complexity index is 213. The minimum absolute atomic E-state index is 0.582. The molecule has 2 aliphatic rings. The van der Waals surface area contributed by atoms with Gasteiger partial charge in [0.25, 0.3) is 0 Å². The van der Waals surface area contributed by atoms with Gasteiger partial charge in [0, 0.05) is 38.3 Å². The molecule has 3 heteroatoms. The SMILES string of the molecule is CC1CN(C)CC(CN)N(C2CCCC2)C1. The highest BCUT2D eigenvalue weighted by Gasteiger charge is 2.32. The number of hydrogen-bond acceptors (Lipinski definition) is 3. The second-order valence-corrected chi connectivity index (χ2v) is 5.85. The molecule has 0 spiro atoms. The van der Waals surface area contributed by atoms with Gasteiger partial charge in [0.1, 0.15) is 0 Å². The zero-order valence-corrected chi connectivity index (χ0v) is 10.9. The molecule has 2 unspecified atom stereocenters. The van der Waals surface area contributed by atoms with Gasteiger partial charge in [-0.25, -0.2) is 0 Å². The molecule has 2 N–H and O–H groups in total. The van der Waals surface area contributed by atoms with Crippen molar-refractivity contribution in [2.24, 2.45) is 11.7 Å². The van der Waals surface area contributed by atoms with Crippen LogP contribution >= 0.6 is 0 Å². The van der Waals surface area contributed by atoms with Crippen molar-refractivity contribution in [2.45, 2.75) is 44.7 Å². The lowest BCUT2D eigenvalue weighted by Crippen LogP contribution is -2.49. The molecule has 0 aromatic heterocycles. The Morgan fingerprint density at radius 1 is 1.12 bits per heavy atom. The molecule has 2 rings (SSSR count). The van der Waals surface area contributed by atoms with E-state index in [0.717, 1.165) is 25.0 Å². The fourth-order valence-corrected chi connectivity index (χ4v) is 3.53. The third-order valence-electron chi connectivity index (χ3n) is 4.20. The van der Waals surface area contributed by atoms with Crippen LogP contribution in [0.2, 0.25) is 0 Å². The predicted molar refractivity (Wildman–Crippen MR) is 68.5 cm³/mol. The van der Waals surface area contributed by atoms with Crippen LogP contribution in [0.25, 0.3) is 0 Å². The van der Waals surface area contributed by atoms with Crippen LogP contribution in [-0.2, 0) is 0 Å². The maximum atomic E-state index is 5.97. The Hall–Kier alpha value is -0.120. The third-order valence-corrected chi connectivity index (χ3v) is 4.20. The van der Waals surface area contributed by atoms with Crippen LogP contribution < -0.4 is 5.73 Å². The lowest BCUT2D eigenvalue weighted by atomic mass is 10.1. The van der Waals surface area contributed by atoms with Gasteiger partial charge in [-0.1, -0.05) is 19.8 Å². The van der Waals surface area contributed by atoms with Crippen molar-refractivity contribution in [3.8, 4) is 0 Å². The molecule has 1 aliphatic heterocycles. The lowest BCUT2D eigenvalue weighted by Gasteiger charge is -2.35. The smallest absolute Gasteiger partial charge is 0.0348 e. The highest BCUT2D eigenvalue weighted by molar-refractivity contribution is 4.88. The molecular weight excluding hydrogens is 198 g/mol. The van der Waals surface area contributed by atoms with Gasteiger partial charge in [0.2, 0.25) is 0 Å². The van der Waals surface area contributed by atoms with Gasteiger partial charge in [-0.05, 0) is 25.8 Å². The summed E-state index contributed by atoms with van der Waals surface area (Å²) >= 11 is 0. The summed E-state index contributed by atoms with van der Waals surface area (Å²) in [6.07, 6.45) is 5.63. The normalized spacial score (nSPS) is 35.4. The van der Waals surface area contributed by atoms with Gasteiger partial charge in [-0.15, -0.1) is 0 Å². The van der Waals surface area contributed by atoms with Gasteiger partial charge < -0.3 is 10.6 Å². The average molecular weight is 225 g/mol. The molecule has 1 saturated heterocycles. The van der Waals surface area contributed by atoms with E-state index in [1.165, 1.54) is 38.8 Å². The van der Waals surface area contributed by atoms with Gasteiger partial charge in [0.05, 0.1) is 0 Å². The highest BCUT2D eigenvalue weighted by Crippen LogP contribution is 2.27. The molecule has 1 heterocycles. The molecule has 0 aromatic rings. The van der Waals surface area contributed by atoms with E-state index in [1.54, 1.807) is 0 Å². The lowest BCUT2D eigenvalue weighted by molar-refractivity contribution is 0.130. The quantitative estimate of drug-likeness (QED) is 0.765. The van der Waals surface area contributed by atoms with E-state index >= 15 is 0 Å². The van der Waals surface area contributed by atoms with Crippen LogP contribution in [0.5, 0.6) is 0 Å². The molecule has 2 fully saturated rings. The van der Waals surface area contributed by atoms with Gasteiger partial charge in [-0.3, -0.25) is 4.90 Å². The van der Waals surface area contributed by atoms with Crippen LogP contribution in [0.3, 0.4) is 0 Å². The molecule has 2 atom stereocenters. The van der Waals surface area contributed by atoms with Gasteiger partial charge in [-0.2, -0.15) is 0 Å². The largest absolute Gasteiger partial charge is 0.329 e. The molecule has 0 bridgehead atoms. The number of rotatable bonds is 2. The predicted octanol–water partition coefficient (Wildman–Crippen LogP) is 1.14. The Morgan fingerprint density at radius 3 is 2.44 bits per heavy atom. The van der Waals surface area contributed by atoms with E-state index in [9.17, 15) is 0 Å². The minimum Gasteiger partial charge on any atom is -0.329 e. The van der Waals surface area contributed by atoms with E-state index in [2.05, 4.69) is 23.8 Å². The fraction of sp³-hybridized carbons (Fsp3) is 1.00. The van der Waals surface area contributed by atoms with Crippen molar-refractivity contribution in [1.29, 1.82) is 0 Å². The number of nitrogens with zero attached hydrogens (tertiary/aromatic N) is 2. The standard InChI is InChI=1S/C13H27N3/c1-11-8-15(2)10-13(7-14)16(9-11)12-5-3-4-6-12/h11-13H,3-10,14H2,1-2H3. The minimum atomic E-state index is 0.582. The summed E-state index contributed by atoms with van der Waals surface area (Å²) in [6.45, 7) is 6.80. The Morgan fingerprint density at radius 2 is 1.81 bits per heavy atom. The third kappa shape index (κ3) is 2.76. The zero-order valence-electron chi connectivity index (χ0n) is 10.9. The molecular formula is C13H27N3. The summed E-state index contributed by atoms with van der Waals surface area (Å²) in [7, 11) is 2.23. The summed E-state index contributed by atoms with van der Waals surface area (Å²) in [5.41, 5.74) is 5.97. The maximum absolute atomic E-state index is 5.97. The molecule has 3 nitrogen and oxygen atoms in total. The van der Waals surface area contributed by atoms with E-state index < -0.39 is 0 Å². The monoisotopic (exact) mass is 225 g/mol. The van der Waals surface area contributed by atoms with Crippen LogP contribution in [0.15, 0.2) is 0 Å². The van der Waals surface area contributed by atoms with E-state index in [-0.39, 0.29) is 0 Å². The van der Waals surface area contributed by atoms with Gasteiger partial charge >= 0.3 is 0 Å². The Balaban J connectivity index is 2.05. The summed E-state index contributed by atoms with van der Waals surface area (Å²) in [4.78, 5) is 5.18. The van der Waals surface area contributed by atoms with E-state index in [4.69, 9.17) is 5.73 Å².